The Morgan fingerprint density at radius 3 is 2.58 bits per heavy atom. The van der Waals surface area contributed by atoms with Crippen molar-refractivity contribution >= 4 is 23.0 Å². The van der Waals surface area contributed by atoms with Gasteiger partial charge in [0.1, 0.15) is 11.4 Å². The molecule has 0 radical (unpaired) electrons. The number of carbonyl (C=O) groups is 1. The average Bonchev–Trinajstić information content (AvgIpc) is 3.02. The van der Waals surface area contributed by atoms with E-state index in [1.165, 1.54) is 10.7 Å². The van der Waals surface area contributed by atoms with Gasteiger partial charge in [-0.15, -0.1) is 0 Å². The van der Waals surface area contributed by atoms with Gasteiger partial charge in [0, 0.05) is 31.8 Å². The van der Waals surface area contributed by atoms with Crippen molar-refractivity contribution in [2.24, 2.45) is 13.0 Å². The summed E-state index contributed by atoms with van der Waals surface area (Å²) in [5.74, 6) is -0.114. The van der Waals surface area contributed by atoms with Crippen molar-refractivity contribution in [3.05, 3.63) is 80.3 Å². The van der Waals surface area contributed by atoms with Gasteiger partial charge in [-0.2, -0.15) is 0 Å². The van der Waals surface area contributed by atoms with E-state index in [2.05, 4.69) is 12.2 Å². The number of hydrogen-bond acceptors (Lipinski definition) is 5. The maximum atomic E-state index is 13.1. The van der Waals surface area contributed by atoms with Crippen molar-refractivity contribution in [2.75, 3.05) is 23.3 Å². The summed E-state index contributed by atoms with van der Waals surface area (Å²) in [5.41, 5.74) is 1.55. The highest BCUT2D eigenvalue weighted by Crippen LogP contribution is 2.32. The maximum absolute atomic E-state index is 13.1. The molecule has 2 heterocycles. The molecule has 0 saturated carbocycles. The Morgan fingerprint density at radius 1 is 1.18 bits per heavy atom. The number of para-hydroxylation sites is 1. The van der Waals surface area contributed by atoms with Crippen LogP contribution in [0.2, 0.25) is 0 Å². The Balaban J connectivity index is 1.65. The van der Waals surface area contributed by atoms with E-state index in [0.29, 0.717) is 23.0 Å². The van der Waals surface area contributed by atoms with Gasteiger partial charge >= 0.3 is 0 Å². The number of nitrogens with one attached hydrogen (secondary N) is 1. The number of anilines is 2. The van der Waals surface area contributed by atoms with E-state index in [1.54, 1.807) is 42.9 Å². The normalized spacial score (nSPS) is 16.0. The van der Waals surface area contributed by atoms with Crippen LogP contribution < -0.4 is 15.8 Å². The molecule has 1 atom stereocenters. The standard InChI is InChI=1S/C24H27N5O4/c1-16-8-7-13-27(15-16)20-12-11-18(14-21(20)29(32)33)23(30)25-22-17(2)26(3)28(24(22)31)19-9-5-4-6-10-19/h4-6,9-12,14,16H,7-8,13,15H2,1-3H3,(H,25,30). The molecule has 1 saturated heterocycles. The number of aromatic nitrogens is 2. The highest BCUT2D eigenvalue weighted by atomic mass is 16.6. The Bertz CT molecular complexity index is 1260. The lowest BCUT2D eigenvalue weighted by Crippen LogP contribution is -2.34. The summed E-state index contributed by atoms with van der Waals surface area (Å²) in [6.07, 6.45) is 2.07. The van der Waals surface area contributed by atoms with Crippen LogP contribution in [0.4, 0.5) is 17.1 Å². The lowest BCUT2D eigenvalue weighted by atomic mass is 9.99. The van der Waals surface area contributed by atoms with E-state index in [1.807, 2.05) is 23.1 Å². The molecule has 1 unspecified atom stereocenters. The van der Waals surface area contributed by atoms with Gasteiger partial charge in [0.05, 0.1) is 16.3 Å². The van der Waals surface area contributed by atoms with Crippen molar-refractivity contribution in [1.29, 1.82) is 0 Å². The minimum Gasteiger partial charge on any atom is -0.366 e. The highest BCUT2D eigenvalue weighted by Gasteiger charge is 2.26. The van der Waals surface area contributed by atoms with Crippen LogP contribution in [-0.2, 0) is 7.05 Å². The van der Waals surface area contributed by atoms with E-state index in [0.717, 1.165) is 25.9 Å². The van der Waals surface area contributed by atoms with Crippen LogP contribution in [0.5, 0.6) is 0 Å². The lowest BCUT2D eigenvalue weighted by molar-refractivity contribution is -0.384. The van der Waals surface area contributed by atoms with E-state index in [-0.39, 0.29) is 22.5 Å². The second-order valence-electron chi connectivity index (χ2n) is 8.54. The van der Waals surface area contributed by atoms with Crippen LogP contribution in [0.15, 0.2) is 53.3 Å². The SMILES string of the molecule is Cc1c(NC(=O)c2ccc(N3CCCC(C)C3)c([N+](=O)[O-])c2)c(=O)n(-c2ccccc2)n1C. The van der Waals surface area contributed by atoms with Crippen LogP contribution >= 0.6 is 0 Å². The van der Waals surface area contributed by atoms with Gasteiger partial charge in [-0.05, 0) is 49.9 Å². The summed E-state index contributed by atoms with van der Waals surface area (Å²) in [4.78, 5) is 39.4. The zero-order chi connectivity index (χ0) is 23.7. The molecule has 1 aliphatic rings. The second-order valence-corrected chi connectivity index (χ2v) is 8.54. The molecule has 0 aliphatic carbocycles. The van der Waals surface area contributed by atoms with Crippen molar-refractivity contribution in [2.45, 2.75) is 26.7 Å². The first-order chi connectivity index (χ1) is 15.8. The first-order valence-electron chi connectivity index (χ1n) is 11.0. The number of benzene rings is 2. The molecule has 1 fully saturated rings. The van der Waals surface area contributed by atoms with Crippen LogP contribution in [-0.4, -0.2) is 33.3 Å². The van der Waals surface area contributed by atoms with E-state index in [9.17, 15) is 19.7 Å². The van der Waals surface area contributed by atoms with Gasteiger partial charge in [0.25, 0.3) is 17.2 Å². The topological polar surface area (TPSA) is 102 Å². The molecule has 1 aromatic heterocycles. The molecule has 1 N–H and O–H groups in total. The molecule has 4 rings (SSSR count). The Kier molecular flexibility index (Phi) is 6.04. The molecular formula is C24H27N5O4. The summed E-state index contributed by atoms with van der Waals surface area (Å²) in [5, 5.41) is 14.5. The summed E-state index contributed by atoms with van der Waals surface area (Å²) in [6, 6.07) is 13.6. The fourth-order valence-electron chi connectivity index (χ4n) is 4.38. The number of nitro benzene ring substituents is 1. The Labute approximate surface area is 191 Å². The molecule has 9 heteroatoms. The van der Waals surface area contributed by atoms with E-state index < -0.39 is 10.8 Å². The molecule has 3 aromatic rings. The highest BCUT2D eigenvalue weighted by molar-refractivity contribution is 6.05. The van der Waals surface area contributed by atoms with Gasteiger partial charge in [0.15, 0.2) is 0 Å². The molecule has 1 aliphatic heterocycles. The minimum atomic E-state index is -0.567. The van der Waals surface area contributed by atoms with Crippen molar-refractivity contribution < 1.29 is 9.72 Å². The first kappa shape index (κ1) is 22.3. The summed E-state index contributed by atoms with van der Waals surface area (Å²) in [6.45, 7) is 5.36. The zero-order valence-corrected chi connectivity index (χ0v) is 18.9. The lowest BCUT2D eigenvalue weighted by Gasteiger charge is -2.32. The van der Waals surface area contributed by atoms with E-state index >= 15 is 0 Å². The third-order valence-corrected chi connectivity index (χ3v) is 6.22. The minimum absolute atomic E-state index is 0.108. The summed E-state index contributed by atoms with van der Waals surface area (Å²) in [7, 11) is 1.73. The number of carbonyl (C=O) groups excluding carboxylic acids is 1. The van der Waals surface area contributed by atoms with Gasteiger partial charge in [-0.25, -0.2) is 4.68 Å². The predicted octanol–water partition coefficient (Wildman–Crippen LogP) is 3.88. The number of piperidine rings is 1. The second kappa shape index (κ2) is 8.93. The summed E-state index contributed by atoms with van der Waals surface area (Å²) < 4.78 is 3.13. The summed E-state index contributed by atoms with van der Waals surface area (Å²) >= 11 is 0. The number of amides is 1. The van der Waals surface area contributed by atoms with Crippen LogP contribution in [0.3, 0.4) is 0 Å². The maximum Gasteiger partial charge on any atom is 0.295 e. The monoisotopic (exact) mass is 449 g/mol. The largest absolute Gasteiger partial charge is 0.366 e. The quantitative estimate of drug-likeness (QED) is 0.470. The van der Waals surface area contributed by atoms with Gasteiger partial charge in [0.2, 0.25) is 0 Å². The molecule has 9 nitrogen and oxygen atoms in total. The molecule has 172 valence electrons. The number of nitrogens with zero attached hydrogens (tertiary/aromatic N) is 4. The number of hydrogen-bond donors (Lipinski definition) is 1. The zero-order valence-electron chi connectivity index (χ0n) is 18.9. The van der Waals surface area contributed by atoms with Gasteiger partial charge in [-0.3, -0.25) is 24.4 Å². The smallest absolute Gasteiger partial charge is 0.295 e. The van der Waals surface area contributed by atoms with Crippen LogP contribution in [0, 0.1) is 23.0 Å². The van der Waals surface area contributed by atoms with E-state index in [4.69, 9.17) is 0 Å². The third kappa shape index (κ3) is 4.26. The Morgan fingerprint density at radius 2 is 1.91 bits per heavy atom. The molecule has 0 spiro atoms. The predicted molar refractivity (Wildman–Crippen MR) is 127 cm³/mol. The molecule has 33 heavy (non-hydrogen) atoms. The fraction of sp³-hybridized carbons (Fsp3) is 0.333. The molecule has 0 bridgehead atoms. The molecular weight excluding hydrogens is 422 g/mol. The number of rotatable bonds is 5. The molecule has 2 aromatic carbocycles. The molecule has 1 amide bonds. The van der Waals surface area contributed by atoms with Gasteiger partial charge < -0.3 is 10.2 Å². The van der Waals surface area contributed by atoms with Crippen molar-refractivity contribution in [3.8, 4) is 5.69 Å². The fourth-order valence-corrected chi connectivity index (χ4v) is 4.38. The van der Waals surface area contributed by atoms with Gasteiger partial charge in [-0.1, -0.05) is 25.1 Å². The van der Waals surface area contributed by atoms with Crippen LogP contribution in [0.25, 0.3) is 5.69 Å². The third-order valence-electron chi connectivity index (χ3n) is 6.22. The number of nitro groups is 1. The average molecular weight is 450 g/mol. The Hall–Kier alpha value is -3.88. The van der Waals surface area contributed by atoms with Crippen LogP contribution in [0.1, 0.15) is 35.8 Å². The first-order valence-corrected chi connectivity index (χ1v) is 11.0. The van der Waals surface area contributed by atoms with Crippen molar-refractivity contribution in [3.63, 3.8) is 0 Å². The van der Waals surface area contributed by atoms with Crippen molar-refractivity contribution in [1.82, 2.24) is 9.36 Å².